The van der Waals surface area contributed by atoms with E-state index in [-0.39, 0.29) is 36.7 Å². The lowest BCUT2D eigenvalue weighted by molar-refractivity contribution is 0.157. The number of hydrogen-bond acceptors (Lipinski definition) is 2. The van der Waals surface area contributed by atoms with Crippen molar-refractivity contribution in [2.24, 2.45) is 5.92 Å². The molecule has 0 unspecified atom stereocenters. The molecule has 1 saturated carbocycles. The quantitative estimate of drug-likeness (QED) is 0.702. The van der Waals surface area contributed by atoms with Crippen molar-refractivity contribution < 1.29 is 4.39 Å². The van der Waals surface area contributed by atoms with Gasteiger partial charge in [-0.15, -0.1) is 24.8 Å². The molecular formula is C15H22Cl2FIN2. The summed E-state index contributed by atoms with van der Waals surface area (Å²) in [6.45, 7) is 4.10. The predicted molar refractivity (Wildman–Crippen MR) is 98.1 cm³/mol. The standard InChI is InChI=1S/C15H20FIN2.2ClH/c16-14-4-3-12(17)10-13(14)15(9-11-1-2-11)19-7-5-18-6-8-19;;/h3-4,10-11,15,18H,1-2,5-9H2;2*1H/t15-;;/m1../s1. The fourth-order valence-electron chi connectivity index (χ4n) is 2.91. The second kappa shape index (κ2) is 8.87. The molecule has 1 aromatic rings. The molecule has 3 rings (SSSR count). The Morgan fingerprint density at radius 2 is 1.90 bits per heavy atom. The van der Waals surface area contributed by atoms with Gasteiger partial charge >= 0.3 is 0 Å². The lowest BCUT2D eigenvalue weighted by atomic mass is 9.98. The van der Waals surface area contributed by atoms with Crippen LogP contribution in [0.15, 0.2) is 18.2 Å². The zero-order chi connectivity index (χ0) is 13.2. The topological polar surface area (TPSA) is 15.3 Å². The maximum atomic E-state index is 14.2. The molecule has 0 spiro atoms. The van der Waals surface area contributed by atoms with Crippen LogP contribution in [0.1, 0.15) is 30.9 Å². The molecule has 0 bridgehead atoms. The Labute approximate surface area is 152 Å². The van der Waals surface area contributed by atoms with E-state index in [0.29, 0.717) is 0 Å². The fraction of sp³-hybridized carbons (Fsp3) is 0.600. The van der Waals surface area contributed by atoms with Gasteiger partial charge in [-0.1, -0.05) is 12.8 Å². The lowest BCUT2D eigenvalue weighted by Gasteiger charge is -2.35. The molecule has 1 aromatic carbocycles. The lowest BCUT2D eigenvalue weighted by Crippen LogP contribution is -2.45. The van der Waals surface area contributed by atoms with E-state index in [4.69, 9.17) is 0 Å². The largest absolute Gasteiger partial charge is 0.314 e. The molecule has 1 aliphatic heterocycles. The highest BCUT2D eigenvalue weighted by molar-refractivity contribution is 14.1. The Morgan fingerprint density at radius 1 is 1.24 bits per heavy atom. The third kappa shape index (κ3) is 5.20. The first-order valence-electron chi connectivity index (χ1n) is 7.14. The van der Waals surface area contributed by atoms with Crippen molar-refractivity contribution >= 4 is 47.4 Å². The second-order valence-corrected chi connectivity index (χ2v) is 6.89. The van der Waals surface area contributed by atoms with Gasteiger partial charge in [0.2, 0.25) is 0 Å². The Morgan fingerprint density at radius 3 is 2.52 bits per heavy atom. The van der Waals surface area contributed by atoms with Crippen molar-refractivity contribution in [2.75, 3.05) is 26.2 Å². The molecule has 120 valence electrons. The molecule has 2 fully saturated rings. The zero-order valence-electron chi connectivity index (χ0n) is 11.9. The third-order valence-electron chi connectivity index (χ3n) is 4.16. The molecule has 1 saturated heterocycles. The summed E-state index contributed by atoms with van der Waals surface area (Å²) in [6.07, 6.45) is 3.78. The number of nitrogens with one attached hydrogen (secondary N) is 1. The molecule has 0 amide bonds. The highest BCUT2D eigenvalue weighted by Crippen LogP contribution is 2.41. The molecule has 0 aromatic heterocycles. The molecular weight excluding hydrogens is 425 g/mol. The van der Waals surface area contributed by atoms with Crippen LogP contribution in [0.2, 0.25) is 0 Å². The van der Waals surface area contributed by atoms with Crippen LogP contribution < -0.4 is 5.32 Å². The van der Waals surface area contributed by atoms with Crippen LogP contribution in [0.25, 0.3) is 0 Å². The molecule has 1 heterocycles. The summed E-state index contributed by atoms with van der Waals surface area (Å²) in [5.74, 6) is 0.779. The third-order valence-corrected chi connectivity index (χ3v) is 4.83. The van der Waals surface area contributed by atoms with Crippen LogP contribution in [-0.2, 0) is 0 Å². The molecule has 1 aliphatic carbocycles. The van der Waals surface area contributed by atoms with Gasteiger partial charge < -0.3 is 5.32 Å². The van der Waals surface area contributed by atoms with E-state index in [1.165, 1.54) is 12.8 Å². The summed E-state index contributed by atoms with van der Waals surface area (Å²) in [5, 5.41) is 3.38. The fourth-order valence-corrected chi connectivity index (χ4v) is 3.42. The monoisotopic (exact) mass is 446 g/mol. The molecule has 2 aliphatic rings. The first-order chi connectivity index (χ1) is 9.24. The Hall–Kier alpha value is 0.380. The van der Waals surface area contributed by atoms with Crippen LogP contribution in [0.4, 0.5) is 4.39 Å². The SMILES string of the molecule is Cl.Cl.Fc1ccc(I)cc1[C@@H](CC1CC1)N1CCNCC1. The van der Waals surface area contributed by atoms with Crippen LogP contribution in [0.3, 0.4) is 0 Å². The van der Waals surface area contributed by atoms with Gasteiger partial charge in [0, 0.05) is 41.4 Å². The highest BCUT2D eigenvalue weighted by atomic mass is 127. The summed E-state index contributed by atoms with van der Waals surface area (Å²) in [5.41, 5.74) is 0.903. The van der Waals surface area contributed by atoms with E-state index < -0.39 is 0 Å². The summed E-state index contributed by atoms with van der Waals surface area (Å²) >= 11 is 2.28. The van der Waals surface area contributed by atoms with Gasteiger partial charge in [0.15, 0.2) is 0 Å². The first kappa shape index (κ1) is 19.4. The minimum absolute atomic E-state index is 0. The normalized spacial score (nSPS) is 20.3. The van der Waals surface area contributed by atoms with E-state index in [2.05, 4.69) is 32.8 Å². The number of benzene rings is 1. The first-order valence-corrected chi connectivity index (χ1v) is 8.21. The molecule has 1 atom stereocenters. The van der Waals surface area contributed by atoms with Crippen molar-refractivity contribution in [3.63, 3.8) is 0 Å². The molecule has 21 heavy (non-hydrogen) atoms. The van der Waals surface area contributed by atoms with Gasteiger partial charge in [-0.05, 0) is 53.1 Å². The minimum atomic E-state index is -0.0374. The summed E-state index contributed by atoms with van der Waals surface area (Å²) in [7, 11) is 0. The van der Waals surface area contributed by atoms with Gasteiger partial charge in [-0.2, -0.15) is 0 Å². The minimum Gasteiger partial charge on any atom is -0.314 e. The van der Waals surface area contributed by atoms with Gasteiger partial charge in [0.05, 0.1) is 0 Å². The smallest absolute Gasteiger partial charge is 0.128 e. The van der Waals surface area contributed by atoms with Crippen molar-refractivity contribution in [1.29, 1.82) is 0 Å². The second-order valence-electron chi connectivity index (χ2n) is 5.65. The molecule has 1 N–H and O–H groups in total. The molecule has 6 heteroatoms. The van der Waals surface area contributed by atoms with E-state index >= 15 is 0 Å². The average Bonchev–Trinajstić information content (AvgIpc) is 3.24. The zero-order valence-corrected chi connectivity index (χ0v) is 15.6. The molecule has 2 nitrogen and oxygen atoms in total. The predicted octanol–water partition coefficient (Wildman–Crippen LogP) is 4.02. The van der Waals surface area contributed by atoms with Crippen molar-refractivity contribution in [3.05, 3.63) is 33.1 Å². The number of hydrogen-bond donors (Lipinski definition) is 1. The van der Waals surface area contributed by atoms with Crippen LogP contribution in [0.5, 0.6) is 0 Å². The van der Waals surface area contributed by atoms with E-state index in [9.17, 15) is 4.39 Å². The highest BCUT2D eigenvalue weighted by Gasteiger charge is 2.31. The Bertz CT molecular complexity index is 451. The van der Waals surface area contributed by atoms with Crippen LogP contribution in [0, 0.1) is 15.3 Å². The Balaban J connectivity index is 0.00000110. The Kier molecular flexibility index (Phi) is 8.20. The number of rotatable bonds is 4. The number of halogens is 4. The van der Waals surface area contributed by atoms with Crippen molar-refractivity contribution in [1.82, 2.24) is 10.2 Å². The maximum Gasteiger partial charge on any atom is 0.128 e. The van der Waals surface area contributed by atoms with Gasteiger partial charge in [-0.3, -0.25) is 4.90 Å². The number of piperazine rings is 1. The van der Waals surface area contributed by atoms with Gasteiger partial charge in [0.1, 0.15) is 5.82 Å². The average molecular weight is 447 g/mol. The van der Waals surface area contributed by atoms with Gasteiger partial charge in [0.25, 0.3) is 0 Å². The van der Waals surface area contributed by atoms with Gasteiger partial charge in [-0.25, -0.2) is 4.39 Å². The van der Waals surface area contributed by atoms with E-state index in [0.717, 1.165) is 47.7 Å². The van der Waals surface area contributed by atoms with E-state index in [1.807, 2.05) is 12.1 Å². The molecule has 0 radical (unpaired) electrons. The summed E-state index contributed by atoms with van der Waals surface area (Å²) in [6, 6.07) is 5.78. The maximum absolute atomic E-state index is 14.2. The summed E-state index contributed by atoms with van der Waals surface area (Å²) < 4.78 is 15.3. The van der Waals surface area contributed by atoms with E-state index in [1.54, 1.807) is 6.07 Å². The van der Waals surface area contributed by atoms with Crippen LogP contribution >= 0.6 is 47.4 Å². The van der Waals surface area contributed by atoms with Crippen molar-refractivity contribution in [3.8, 4) is 0 Å². The summed E-state index contributed by atoms with van der Waals surface area (Å²) in [4.78, 5) is 2.46. The van der Waals surface area contributed by atoms with Crippen molar-refractivity contribution in [2.45, 2.75) is 25.3 Å². The van der Waals surface area contributed by atoms with Crippen LogP contribution in [-0.4, -0.2) is 31.1 Å². The number of nitrogens with zero attached hydrogens (tertiary/aromatic N) is 1.